The van der Waals surface area contributed by atoms with Crippen molar-refractivity contribution >= 4 is 32.9 Å². The van der Waals surface area contributed by atoms with Gasteiger partial charge in [-0.05, 0) is 24.3 Å². The lowest BCUT2D eigenvalue weighted by molar-refractivity contribution is 1.42. The SMILES string of the molecule is c1ccc(Nc2csc3cccnc23)cc1. The van der Waals surface area contributed by atoms with E-state index < -0.39 is 0 Å². The molecule has 3 heteroatoms. The summed E-state index contributed by atoms with van der Waals surface area (Å²) in [5.74, 6) is 0. The summed E-state index contributed by atoms with van der Waals surface area (Å²) in [6.45, 7) is 0. The first-order valence-electron chi connectivity index (χ1n) is 5.08. The topological polar surface area (TPSA) is 24.9 Å². The van der Waals surface area contributed by atoms with E-state index in [0.717, 1.165) is 16.9 Å². The Kier molecular flexibility index (Phi) is 2.31. The average Bonchev–Trinajstić information content (AvgIpc) is 2.74. The molecule has 0 aliphatic carbocycles. The number of hydrogen-bond donors (Lipinski definition) is 1. The van der Waals surface area contributed by atoms with Gasteiger partial charge in [0, 0.05) is 17.3 Å². The minimum absolute atomic E-state index is 1.04. The quantitative estimate of drug-likeness (QED) is 0.713. The molecular weight excluding hydrogens is 216 g/mol. The molecule has 1 aromatic carbocycles. The molecule has 0 amide bonds. The molecule has 0 saturated carbocycles. The van der Waals surface area contributed by atoms with Gasteiger partial charge in [0.05, 0.1) is 10.4 Å². The Hall–Kier alpha value is -1.87. The lowest BCUT2D eigenvalue weighted by Crippen LogP contribution is -1.88. The number of rotatable bonds is 2. The number of nitrogens with zero attached hydrogens (tertiary/aromatic N) is 1. The van der Waals surface area contributed by atoms with Crippen molar-refractivity contribution < 1.29 is 0 Å². The van der Waals surface area contributed by atoms with Crippen molar-refractivity contribution in [2.24, 2.45) is 0 Å². The molecule has 3 aromatic rings. The molecule has 2 nitrogen and oxygen atoms in total. The number of anilines is 2. The summed E-state index contributed by atoms with van der Waals surface area (Å²) in [6.07, 6.45) is 1.82. The third-order valence-electron chi connectivity index (χ3n) is 2.38. The maximum atomic E-state index is 4.39. The molecule has 0 saturated heterocycles. The van der Waals surface area contributed by atoms with Crippen LogP contribution in [0, 0.1) is 0 Å². The van der Waals surface area contributed by atoms with Crippen molar-refractivity contribution in [2.75, 3.05) is 5.32 Å². The van der Waals surface area contributed by atoms with Crippen molar-refractivity contribution in [3.8, 4) is 0 Å². The first kappa shape index (κ1) is 9.36. The van der Waals surface area contributed by atoms with Crippen LogP contribution in [0.5, 0.6) is 0 Å². The average molecular weight is 226 g/mol. The molecular formula is C13H10N2S. The second-order valence-electron chi connectivity index (χ2n) is 3.49. The number of aromatic nitrogens is 1. The van der Waals surface area contributed by atoms with Gasteiger partial charge in [0.1, 0.15) is 5.52 Å². The highest BCUT2D eigenvalue weighted by Crippen LogP contribution is 2.30. The van der Waals surface area contributed by atoms with E-state index >= 15 is 0 Å². The van der Waals surface area contributed by atoms with E-state index in [0.29, 0.717) is 0 Å². The van der Waals surface area contributed by atoms with Gasteiger partial charge in [-0.25, -0.2) is 0 Å². The van der Waals surface area contributed by atoms with E-state index in [1.54, 1.807) is 11.3 Å². The van der Waals surface area contributed by atoms with Crippen LogP contribution in [0.2, 0.25) is 0 Å². The maximum absolute atomic E-state index is 4.39. The van der Waals surface area contributed by atoms with Gasteiger partial charge in [0.2, 0.25) is 0 Å². The largest absolute Gasteiger partial charge is 0.353 e. The van der Waals surface area contributed by atoms with E-state index in [9.17, 15) is 0 Å². The van der Waals surface area contributed by atoms with Crippen LogP contribution in [-0.2, 0) is 0 Å². The molecule has 2 heterocycles. The number of para-hydroxylation sites is 1. The zero-order valence-electron chi connectivity index (χ0n) is 8.55. The number of nitrogens with one attached hydrogen (secondary N) is 1. The highest BCUT2D eigenvalue weighted by atomic mass is 32.1. The van der Waals surface area contributed by atoms with Gasteiger partial charge in [-0.15, -0.1) is 11.3 Å². The molecule has 16 heavy (non-hydrogen) atoms. The second kappa shape index (κ2) is 3.94. The Balaban J connectivity index is 2.01. The molecule has 0 atom stereocenters. The first-order chi connectivity index (χ1) is 7.93. The molecule has 2 aromatic heterocycles. The van der Waals surface area contributed by atoms with Crippen molar-refractivity contribution in [2.45, 2.75) is 0 Å². The molecule has 0 unspecified atom stereocenters. The predicted octanol–water partition coefficient (Wildman–Crippen LogP) is 4.04. The third kappa shape index (κ3) is 1.66. The molecule has 0 fully saturated rings. The summed E-state index contributed by atoms with van der Waals surface area (Å²) in [6, 6.07) is 14.2. The minimum atomic E-state index is 1.04. The Bertz CT molecular complexity index is 601. The Morgan fingerprint density at radius 1 is 1.00 bits per heavy atom. The van der Waals surface area contributed by atoms with Crippen molar-refractivity contribution in [1.29, 1.82) is 0 Å². The fraction of sp³-hybridized carbons (Fsp3) is 0. The highest BCUT2D eigenvalue weighted by Gasteiger charge is 2.03. The van der Waals surface area contributed by atoms with Crippen LogP contribution in [-0.4, -0.2) is 4.98 Å². The number of thiophene rings is 1. The summed E-state index contributed by atoms with van der Waals surface area (Å²) in [7, 11) is 0. The van der Waals surface area contributed by atoms with Crippen molar-refractivity contribution in [3.63, 3.8) is 0 Å². The zero-order valence-corrected chi connectivity index (χ0v) is 9.37. The first-order valence-corrected chi connectivity index (χ1v) is 5.96. The van der Waals surface area contributed by atoms with Gasteiger partial charge in [0.25, 0.3) is 0 Å². The number of benzene rings is 1. The highest BCUT2D eigenvalue weighted by molar-refractivity contribution is 7.17. The van der Waals surface area contributed by atoms with E-state index in [-0.39, 0.29) is 0 Å². The number of hydrogen-bond acceptors (Lipinski definition) is 3. The van der Waals surface area contributed by atoms with E-state index in [4.69, 9.17) is 0 Å². The van der Waals surface area contributed by atoms with E-state index in [2.05, 4.69) is 21.7 Å². The maximum Gasteiger partial charge on any atom is 0.104 e. The minimum Gasteiger partial charge on any atom is -0.353 e. The zero-order chi connectivity index (χ0) is 10.8. The lowest BCUT2D eigenvalue weighted by Gasteiger charge is -2.03. The third-order valence-corrected chi connectivity index (χ3v) is 3.32. The molecule has 1 N–H and O–H groups in total. The molecule has 3 rings (SSSR count). The normalized spacial score (nSPS) is 10.5. The number of fused-ring (bicyclic) bond motifs is 1. The fourth-order valence-electron chi connectivity index (χ4n) is 1.63. The Labute approximate surface area is 97.6 Å². The molecule has 0 aliphatic rings. The van der Waals surface area contributed by atoms with Gasteiger partial charge in [0.15, 0.2) is 0 Å². The monoisotopic (exact) mass is 226 g/mol. The molecule has 0 aliphatic heterocycles. The Morgan fingerprint density at radius 2 is 1.88 bits per heavy atom. The van der Waals surface area contributed by atoms with Crippen LogP contribution in [0.1, 0.15) is 0 Å². The Morgan fingerprint density at radius 3 is 2.75 bits per heavy atom. The van der Waals surface area contributed by atoms with Gasteiger partial charge in [-0.1, -0.05) is 18.2 Å². The van der Waals surface area contributed by atoms with Crippen molar-refractivity contribution in [3.05, 3.63) is 54.0 Å². The van der Waals surface area contributed by atoms with Crippen LogP contribution in [0.4, 0.5) is 11.4 Å². The summed E-state index contributed by atoms with van der Waals surface area (Å²) in [4.78, 5) is 4.39. The van der Waals surface area contributed by atoms with Crippen LogP contribution in [0.15, 0.2) is 54.0 Å². The lowest BCUT2D eigenvalue weighted by atomic mass is 10.3. The summed E-state index contributed by atoms with van der Waals surface area (Å²) >= 11 is 1.71. The van der Waals surface area contributed by atoms with E-state index in [1.165, 1.54) is 4.70 Å². The van der Waals surface area contributed by atoms with Crippen LogP contribution in [0.3, 0.4) is 0 Å². The molecule has 0 bridgehead atoms. The van der Waals surface area contributed by atoms with Crippen molar-refractivity contribution in [1.82, 2.24) is 4.98 Å². The number of pyridine rings is 1. The van der Waals surface area contributed by atoms with Gasteiger partial charge < -0.3 is 5.32 Å². The smallest absolute Gasteiger partial charge is 0.104 e. The molecule has 0 radical (unpaired) electrons. The summed E-state index contributed by atoms with van der Waals surface area (Å²) in [5, 5.41) is 5.48. The molecule has 0 spiro atoms. The molecule has 78 valence electrons. The second-order valence-corrected chi connectivity index (χ2v) is 4.40. The fourth-order valence-corrected chi connectivity index (χ4v) is 2.48. The summed E-state index contributed by atoms with van der Waals surface area (Å²) in [5.41, 5.74) is 3.20. The van der Waals surface area contributed by atoms with Gasteiger partial charge in [-0.3, -0.25) is 4.98 Å². The predicted molar refractivity (Wildman–Crippen MR) is 69.3 cm³/mol. The standard InChI is InChI=1S/C13H10N2S/c1-2-5-10(6-3-1)15-11-9-16-12-7-4-8-14-13(11)12/h1-9,15H. The van der Waals surface area contributed by atoms with Gasteiger partial charge in [-0.2, -0.15) is 0 Å². The van der Waals surface area contributed by atoms with E-state index in [1.807, 2.05) is 42.6 Å². The van der Waals surface area contributed by atoms with Crippen LogP contribution in [0.25, 0.3) is 10.2 Å². The summed E-state index contributed by atoms with van der Waals surface area (Å²) < 4.78 is 1.21. The van der Waals surface area contributed by atoms with Crippen LogP contribution >= 0.6 is 11.3 Å². The van der Waals surface area contributed by atoms with Gasteiger partial charge >= 0.3 is 0 Å². The van der Waals surface area contributed by atoms with Crippen LogP contribution < -0.4 is 5.32 Å².